The summed E-state index contributed by atoms with van der Waals surface area (Å²) in [6.07, 6.45) is 1.83. The van der Waals surface area contributed by atoms with E-state index < -0.39 is 11.6 Å². The molecule has 3 heterocycles. The Morgan fingerprint density at radius 1 is 1.14 bits per heavy atom. The van der Waals surface area contributed by atoms with E-state index in [0.717, 1.165) is 4.90 Å². The van der Waals surface area contributed by atoms with Crippen molar-refractivity contribution in [3.05, 3.63) is 72.0 Å². The molecule has 0 aliphatic carbocycles. The Balaban J connectivity index is 1.42. The molecular weight excluding hydrogens is 377 g/mol. The number of para-hydroxylation sites is 1. The Hall–Kier alpha value is -3.68. The lowest BCUT2D eigenvalue weighted by molar-refractivity contribution is -0.133. The van der Waals surface area contributed by atoms with Gasteiger partial charge in [0.1, 0.15) is 18.1 Å². The Kier molecular flexibility index (Phi) is 3.87. The van der Waals surface area contributed by atoms with Crippen molar-refractivity contribution in [2.45, 2.75) is 18.5 Å². The van der Waals surface area contributed by atoms with Crippen LogP contribution in [0.3, 0.4) is 0 Å². The molecule has 2 aliphatic rings. The van der Waals surface area contributed by atoms with Gasteiger partial charge in [-0.3, -0.25) is 9.69 Å². The Morgan fingerprint density at radius 2 is 1.93 bits per heavy atom. The lowest BCUT2D eigenvalue weighted by atomic mass is 9.84. The predicted molar refractivity (Wildman–Crippen MR) is 99.2 cm³/mol. The standard InChI is InChI=1S/C21H16FN3O4/c22-14-7-5-13(6-8-14)17-11-23-18(29-17)12-25-19(26)21(24-20(25)27)9-10-28-16-4-2-1-3-15(16)21/h1-8,11H,9-10,12H2,(H,24,27)/t21-/m1/s1. The van der Waals surface area contributed by atoms with Crippen LogP contribution in [-0.2, 0) is 16.9 Å². The number of hydrogen-bond donors (Lipinski definition) is 1. The first kappa shape index (κ1) is 17.4. The van der Waals surface area contributed by atoms with Gasteiger partial charge in [0.2, 0.25) is 5.89 Å². The number of fused-ring (bicyclic) bond motifs is 2. The van der Waals surface area contributed by atoms with Gasteiger partial charge in [0, 0.05) is 17.5 Å². The normalized spacial score (nSPS) is 20.5. The summed E-state index contributed by atoms with van der Waals surface area (Å²) < 4.78 is 24.4. The van der Waals surface area contributed by atoms with Gasteiger partial charge in [0.25, 0.3) is 5.91 Å². The van der Waals surface area contributed by atoms with Crippen LogP contribution in [0.15, 0.2) is 59.1 Å². The van der Waals surface area contributed by atoms with Gasteiger partial charge in [-0.15, -0.1) is 0 Å². The Labute approximate surface area is 165 Å². The van der Waals surface area contributed by atoms with E-state index in [1.807, 2.05) is 6.07 Å². The molecule has 0 saturated carbocycles. The third-order valence-electron chi connectivity index (χ3n) is 5.23. The van der Waals surface area contributed by atoms with E-state index in [9.17, 15) is 14.0 Å². The lowest BCUT2D eigenvalue weighted by Crippen LogP contribution is -2.47. The molecule has 146 valence electrons. The number of oxazole rings is 1. The van der Waals surface area contributed by atoms with Crippen LogP contribution in [0.25, 0.3) is 11.3 Å². The molecule has 3 aromatic rings. The first-order valence-electron chi connectivity index (χ1n) is 9.14. The maximum absolute atomic E-state index is 13.3. The minimum Gasteiger partial charge on any atom is -0.493 e. The summed E-state index contributed by atoms with van der Waals surface area (Å²) in [7, 11) is 0. The first-order valence-corrected chi connectivity index (χ1v) is 9.14. The van der Waals surface area contributed by atoms with Gasteiger partial charge in [-0.05, 0) is 30.3 Å². The SMILES string of the molecule is O=C1N[C@@]2(CCOc3ccccc32)C(=O)N1Cc1ncc(-c2ccc(F)cc2)o1. The average Bonchev–Trinajstić information content (AvgIpc) is 3.29. The number of urea groups is 1. The second kappa shape index (κ2) is 6.44. The predicted octanol–water partition coefficient (Wildman–Crippen LogP) is 3.21. The molecule has 1 N–H and O–H groups in total. The number of ether oxygens (including phenoxy) is 1. The average molecular weight is 393 g/mol. The Morgan fingerprint density at radius 3 is 2.76 bits per heavy atom. The summed E-state index contributed by atoms with van der Waals surface area (Å²) in [4.78, 5) is 31.1. The van der Waals surface area contributed by atoms with E-state index in [-0.39, 0.29) is 24.2 Å². The van der Waals surface area contributed by atoms with Crippen molar-refractivity contribution in [2.75, 3.05) is 6.61 Å². The molecule has 5 rings (SSSR count). The number of nitrogens with one attached hydrogen (secondary N) is 1. The molecule has 0 radical (unpaired) electrons. The van der Waals surface area contributed by atoms with E-state index in [1.54, 1.807) is 30.3 Å². The van der Waals surface area contributed by atoms with Crippen LogP contribution >= 0.6 is 0 Å². The third-order valence-corrected chi connectivity index (χ3v) is 5.23. The summed E-state index contributed by atoms with van der Waals surface area (Å²) in [6.45, 7) is 0.223. The highest BCUT2D eigenvalue weighted by atomic mass is 19.1. The van der Waals surface area contributed by atoms with Gasteiger partial charge >= 0.3 is 6.03 Å². The number of amides is 3. The monoisotopic (exact) mass is 393 g/mol. The van der Waals surface area contributed by atoms with Crippen LogP contribution in [0, 0.1) is 5.82 Å². The molecule has 1 fully saturated rings. The fourth-order valence-corrected chi connectivity index (χ4v) is 3.78. The molecule has 0 bridgehead atoms. The van der Waals surface area contributed by atoms with Crippen molar-refractivity contribution >= 4 is 11.9 Å². The van der Waals surface area contributed by atoms with Gasteiger partial charge in [0.05, 0.1) is 12.8 Å². The van der Waals surface area contributed by atoms with E-state index in [4.69, 9.17) is 9.15 Å². The lowest BCUT2D eigenvalue weighted by Gasteiger charge is -2.33. The number of halogens is 1. The quantitative estimate of drug-likeness (QED) is 0.691. The summed E-state index contributed by atoms with van der Waals surface area (Å²) >= 11 is 0. The van der Waals surface area contributed by atoms with Crippen LogP contribution in [0.5, 0.6) is 5.75 Å². The van der Waals surface area contributed by atoms with Crippen molar-refractivity contribution in [2.24, 2.45) is 0 Å². The van der Waals surface area contributed by atoms with Gasteiger partial charge in [-0.25, -0.2) is 14.2 Å². The van der Waals surface area contributed by atoms with Crippen molar-refractivity contribution in [1.82, 2.24) is 15.2 Å². The van der Waals surface area contributed by atoms with Crippen molar-refractivity contribution in [3.8, 4) is 17.1 Å². The molecule has 1 saturated heterocycles. The van der Waals surface area contributed by atoms with Gasteiger partial charge in [-0.1, -0.05) is 18.2 Å². The highest BCUT2D eigenvalue weighted by molar-refractivity contribution is 6.07. The number of carbonyl (C=O) groups is 2. The maximum Gasteiger partial charge on any atom is 0.325 e. The zero-order chi connectivity index (χ0) is 20.0. The molecule has 29 heavy (non-hydrogen) atoms. The molecule has 1 aromatic heterocycles. The fourth-order valence-electron chi connectivity index (χ4n) is 3.78. The first-order chi connectivity index (χ1) is 14.1. The van der Waals surface area contributed by atoms with Crippen LogP contribution in [-0.4, -0.2) is 28.4 Å². The molecular formula is C21H16FN3O4. The van der Waals surface area contributed by atoms with Crippen LogP contribution in [0.4, 0.5) is 9.18 Å². The molecule has 1 atom stereocenters. The number of aromatic nitrogens is 1. The third kappa shape index (κ3) is 2.75. The molecule has 8 heteroatoms. The Bertz CT molecular complexity index is 1110. The van der Waals surface area contributed by atoms with Crippen LogP contribution in [0.1, 0.15) is 17.9 Å². The van der Waals surface area contributed by atoms with Gasteiger partial charge in [-0.2, -0.15) is 0 Å². The van der Waals surface area contributed by atoms with Crippen LogP contribution in [0.2, 0.25) is 0 Å². The van der Waals surface area contributed by atoms with Crippen molar-refractivity contribution in [1.29, 1.82) is 0 Å². The zero-order valence-corrected chi connectivity index (χ0v) is 15.2. The van der Waals surface area contributed by atoms with Crippen molar-refractivity contribution < 1.29 is 23.1 Å². The smallest absolute Gasteiger partial charge is 0.325 e. The second-order valence-corrected chi connectivity index (χ2v) is 6.95. The minimum absolute atomic E-state index is 0.101. The molecule has 7 nitrogen and oxygen atoms in total. The topological polar surface area (TPSA) is 84.7 Å². The van der Waals surface area contributed by atoms with E-state index in [2.05, 4.69) is 10.3 Å². The maximum atomic E-state index is 13.3. The van der Waals surface area contributed by atoms with E-state index in [1.165, 1.54) is 18.3 Å². The number of carbonyl (C=O) groups excluding carboxylic acids is 2. The van der Waals surface area contributed by atoms with Crippen molar-refractivity contribution in [3.63, 3.8) is 0 Å². The van der Waals surface area contributed by atoms with Gasteiger partial charge < -0.3 is 14.5 Å². The molecule has 2 aliphatic heterocycles. The fraction of sp³-hybridized carbons (Fsp3) is 0.190. The number of benzene rings is 2. The second-order valence-electron chi connectivity index (χ2n) is 6.95. The van der Waals surface area contributed by atoms with Gasteiger partial charge in [0.15, 0.2) is 11.3 Å². The summed E-state index contributed by atoms with van der Waals surface area (Å²) in [5, 5.41) is 2.84. The number of rotatable bonds is 3. The zero-order valence-electron chi connectivity index (χ0n) is 15.2. The van der Waals surface area contributed by atoms with Crippen LogP contribution < -0.4 is 10.1 Å². The summed E-state index contributed by atoms with van der Waals surface area (Å²) in [5.74, 6) is 0.516. The molecule has 2 aromatic carbocycles. The summed E-state index contributed by atoms with van der Waals surface area (Å²) in [6, 6.07) is 12.5. The van der Waals surface area contributed by atoms with E-state index in [0.29, 0.717) is 35.7 Å². The number of imide groups is 1. The number of hydrogen-bond acceptors (Lipinski definition) is 5. The largest absolute Gasteiger partial charge is 0.493 e. The van der Waals surface area contributed by atoms with E-state index >= 15 is 0 Å². The molecule has 0 unspecified atom stereocenters. The highest BCUT2D eigenvalue weighted by Crippen LogP contribution is 2.41. The minimum atomic E-state index is -1.14. The molecule has 1 spiro atoms. The number of nitrogens with zero attached hydrogens (tertiary/aromatic N) is 2. The highest BCUT2D eigenvalue weighted by Gasteiger charge is 2.55. The molecule has 3 amide bonds. The summed E-state index contributed by atoms with van der Waals surface area (Å²) in [5.41, 5.74) is 0.155.